The molecule has 3 rings (SSSR count). The number of hydrogen-bond donors (Lipinski definition) is 0. The second-order valence-corrected chi connectivity index (χ2v) is 9.84. The third-order valence-electron chi connectivity index (χ3n) is 5.90. The summed E-state index contributed by atoms with van der Waals surface area (Å²) >= 11 is 1.84. The van der Waals surface area contributed by atoms with Crippen molar-refractivity contribution in [3.05, 3.63) is 22.4 Å². The van der Waals surface area contributed by atoms with Gasteiger partial charge in [0.2, 0.25) is 5.91 Å². The first-order chi connectivity index (χ1) is 11.8. The maximum Gasteiger partial charge on any atom is 0.227 e. The zero-order valence-corrected chi connectivity index (χ0v) is 16.9. The first-order valence-electron chi connectivity index (χ1n) is 9.37. The lowest BCUT2D eigenvalue weighted by molar-refractivity contribution is -0.142. The molecule has 2 saturated heterocycles. The number of amides is 1. The van der Waals surface area contributed by atoms with Crippen LogP contribution in [0.2, 0.25) is 0 Å². The van der Waals surface area contributed by atoms with Crippen LogP contribution >= 0.6 is 11.3 Å². The Morgan fingerprint density at radius 1 is 1.36 bits per heavy atom. The van der Waals surface area contributed by atoms with Gasteiger partial charge in [0, 0.05) is 56.0 Å². The molecule has 1 spiro atoms. The van der Waals surface area contributed by atoms with E-state index in [0.717, 1.165) is 52.2 Å². The zero-order valence-electron chi connectivity index (χ0n) is 16.1. The largest absolute Gasteiger partial charge is 0.384 e. The molecule has 4 nitrogen and oxygen atoms in total. The summed E-state index contributed by atoms with van der Waals surface area (Å²) in [6, 6.07) is 4.36. The number of piperidine rings is 1. The fourth-order valence-electron chi connectivity index (χ4n) is 4.51. The maximum atomic E-state index is 12.6. The van der Waals surface area contributed by atoms with Crippen molar-refractivity contribution in [1.29, 1.82) is 0 Å². The first kappa shape index (κ1) is 18.9. The van der Waals surface area contributed by atoms with E-state index in [9.17, 15) is 4.79 Å². The summed E-state index contributed by atoms with van der Waals surface area (Å²) in [6.45, 7) is 12.0. The topological polar surface area (TPSA) is 32.8 Å². The van der Waals surface area contributed by atoms with Crippen molar-refractivity contribution >= 4 is 17.2 Å². The molecule has 0 N–H and O–H groups in total. The summed E-state index contributed by atoms with van der Waals surface area (Å²) < 4.78 is 5.56. The van der Waals surface area contributed by atoms with Crippen LogP contribution in [0.1, 0.15) is 38.5 Å². The van der Waals surface area contributed by atoms with Crippen LogP contribution in [-0.4, -0.2) is 55.6 Å². The summed E-state index contributed by atoms with van der Waals surface area (Å²) in [7, 11) is 1.81. The fraction of sp³-hybridized carbons (Fsp3) is 0.750. The highest BCUT2D eigenvalue weighted by molar-refractivity contribution is 7.09. The summed E-state index contributed by atoms with van der Waals surface area (Å²) in [4.78, 5) is 18.7. The second kappa shape index (κ2) is 7.37. The SMILES string of the molecule is COC[C@@H]1CN(Cc2cccs2)CC12CCN(C(=O)C(C)(C)C)CC2. The summed E-state index contributed by atoms with van der Waals surface area (Å²) in [5.41, 5.74) is 0.0270. The fourth-order valence-corrected chi connectivity index (χ4v) is 5.26. The summed E-state index contributed by atoms with van der Waals surface area (Å²) in [6.07, 6.45) is 2.20. The zero-order chi connectivity index (χ0) is 18.1. The lowest BCUT2D eigenvalue weighted by atomic mass is 9.71. The Labute approximate surface area is 156 Å². The maximum absolute atomic E-state index is 12.6. The van der Waals surface area contributed by atoms with Gasteiger partial charge in [0.05, 0.1) is 6.61 Å². The molecule has 1 aromatic heterocycles. The Bertz CT molecular complexity index is 571. The molecule has 1 aromatic rings. The predicted octanol–water partition coefficient (Wildman–Crippen LogP) is 3.48. The molecule has 0 saturated carbocycles. The number of carbonyl (C=O) groups is 1. The van der Waals surface area contributed by atoms with Crippen molar-refractivity contribution in [3.63, 3.8) is 0 Å². The van der Waals surface area contributed by atoms with Crippen LogP contribution in [0.25, 0.3) is 0 Å². The van der Waals surface area contributed by atoms with Gasteiger partial charge in [0.1, 0.15) is 0 Å². The molecule has 0 aliphatic carbocycles. The average Bonchev–Trinajstić information content (AvgIpc) is 3.17. The molecule has 0 aromatic carbocycles. The second-order valence-electron chi connectivity index (χ2n) is 8.81. The van der Waals surface area contributed by atoms with Crippen molar-refractivity contribution in [2.24, 2.45) is 16.7 Å². The lowest BCUT2D eigenvalue weighted by Gasteiger charge is -2.44. The minimum absolute atomic E-state index is 0.280. The number of ether oxygens (including phenoxy) is 1. The third kappa shape index (κ3) is 4.09. The number of rotatable bonds is 4. The Hall–Kier alpha value is -0.910. The van der Waals surface area contributed by atoms with E-state index in [1.165, 1.54) is 4.88 Å². The molecular formula is C20H32N2O2S. The Morgan fingerprint density at radius 2 is 2.08 bits per heavy atom. The number of thiophene rings is 1. The van der Waals surface area contributed by atoms with E-state index in [2.05, 4.69) is 27.3 Å². The molecule has 0 unspecified atom stereocenters. The molecule has 5 heteroatoms. The molecule has 0 radical (unpaired) electrons. The van der Waals surface area contributed by atoms with Gasteiger partial charge in [-0.25, -0.2) is 0 Å². The molecule has 1 amide bonds. The highest BCUT2D eigenvalue weighted by Crippen LogP contribution is 2.45. The summed E-state index contributed by atoms with van der Waals surface area (Å²) in [5, 5.41) is 2.16. The van der Waals surface area contributed by atoms with Crippen molar-refractivity contribution in [2.75, 3.05) is 39.9 Å². The van der Waals surface area contributed by atoms with Gasteiger partial charge in [-0.2, -0.15) is 0 Å². The van der Waals surface area contributed by atoms with Crippen molar-refractivity contribution in [1.82, 2.24) is 9.80 Å². The Balaban J connectivity index is 1.66. The van der Waals surface area contributed by atoms with Gasteiger partial charge < -0.3 is 9.64 Å². The Kier molecular flexibility index (Phi) is 5.57. The Morgan fingerprint density at radius 3 is 2.64 bits per heavy atom. The van der Waals surface area contributed by atoms with Gasteiger partial charge >= 0.3 is 0 Å². The number of carbonyl (C=O) groups excluding carboxylic acids is 1. The lowest BCUT2D eigenvalue weighted by Crippen LogP contribution is -2.49. The van der Waals surface area contributed by atoms with E-state index in [1.807, 2.05) is 39.2 Å². The van der Waals surface area contributed by atoms with Gasteiger partial charge in [-0.15, -0.1) is 11.3 Å². The molecule has 2 fully saturated rings. The van der Waals surface area contributed by atoms with E-state index < -0.39 is 0 Å². The predicted molar refractivity (Wildman–Crippen MR) is 103 cm³/mol. The molecular weight excluding hydrogens is 332 g/mol. The highest BCUT2D eigenvalue weighted by Gasteiger charge is 2.48. The molecule has 2 aliphatic rings. The molecule has 2 aliphatic heterocycles. The molecule has 1 atom stereocenters. The highest BCUT2D eigenvalue weighted by atomic mass is 32.1. The molecule has 140 valence electrons. The first-order valence-corrected chi connectivity index (χ1v) is 10.2. The van der Waals surface area contributed by atoms with Crippen LogP contribution in [0, 0.1) is 16.7 Å². The van der Waals surface area contributed by atoms with Crippen molar-refractivity contribution in [2.45, 2.75) is 40.2 Å². The van der Waals surface area contributed by atoms with E-state index in [-0.39, 0.29) is 5.41 Å². The normalized spacial score (nSPS) is 24.2. The number of hydrogen-bond acceptors (Lipinski definition) is 4. The van der Waals surface area contributed by atoms with Gasteiger partial charge in [0.15, 0.2) is 0 Å². The standard InChI is InChI=1S/C20H32N2O2S/c1-19(2,3)18(23)22-9-7-20(8-10-22)15-21(12-16(20)14-24-4)13-17-6-5-11-25-17/h5-6,11,16H,7-10,12-15H2,1-4H3/t16-/m0/s1. The summed E-state index contributed by atoms with van der Waals surface area (Å²) in [5.74, 6) is 0.864. The van der Waals surface area contributed by atoms with Crippen molar-refractivity contribution < 1.29 is 9.53 Å². The number of methoxy groups -OCH3 is 1. The van der Waals surface area contributed by atoms with E-state index >= 15 is 0 Å². The van der Waals surface area contributed by atoms with Gasteiger partial charge in [-0.1, -0.05) is 26.8 Å². The van der Waals surface area contributed by atoms with Crippen LogP contribution in [0.15, 0.2) is 17.5 Å². The quantitative estimate of drug-likeness (QED) is 0.820. The third-order valence-corrected chi connectivity index (χ3v) is 6.76. The minimum Gasteiger partial charge on any atom is -0.384 e. The molecule has 3 heterocycles. The van der Waals surface area contributed by atoms with Crippen LogP contribution in [-0.2, 0) is 16.1 Å². The van der Waals surface area contributed by atoms with Crippen LogP contribution in [0.3, 0.4) is 0 Å². The van der Waals surface area contributed by atoms with E-state index in [0.29, 0.717) is 17.2 Å². The van der Waals surface area contributed by atoms with Crippen LogP contribution in [0.4, 0.5) is 0 Å². The van der Waals surface area contributed by atoms with E-state index in [1.54, 1.807) is 0 Å². The number of likely N-dealkylation sites (tertiary alicyclic amines) is 2. The molecule has 25 heavy (non-hydrogen) atoms. The van der Waals surface area contributed by atoms with Crippen LogP contribution < -0.4 is 0 Å². The van der Waals surface area contributed by atoms with E-state index in [4.69, 9.17) is 4.74 Å². The van der Waals surface area contributed by atoms with Gasteiger partial charge in [-0.05, 0) is 29.7 Å². The molecule has 0 bridgehead atoms. The van der Waals surface area contributed by atoms with Gasteiger partial charge in [0.25, 0.3) is 0 Å². The minimum atomic E-state index is -0.280. The monoisotopic (exact) mass is 364 g/mol. The number of nitrogens with zero attached hydrogens (tertiary/aromatic N) is 2. The van der Waals surface area contributed by atoms with Crippen LogP contribution in [0.5, 0.6) is 0 Å². The van der Waals surface area contributed by atoms with Crippen molar-refractivity contribution in [3.8, 4) is 0 Å². The average molecular weight is 365 g/mol. The smallest absolute Gasteiger partial charge is 0.227 e. The van der Waals surface area contributed by atoms with Gasteiger partial charge in [-0.3, -0.25) is 9.69 Å².